The van der Waals surface area contributed by atoms with Gasteiger partial charge in [-0.05, 0) is 48.7 Å². The summed E-state index contributed by atoms with van der Waals surface area (Å²) in [5.74, 6) is 6.46. The molecule has 0 heterocycles. The first-order chi connectivity index (χ1) is 14.3. The van der Waals surface area contributed by atoms with Crippen molar-refractivity contribution in [1.82, 2.24) is 5.32 Å². The third-order valence-corrected chi connectivity index (χ3v) is 5.20. The summed E-state index contributed by atoms with van der Waals surface area (Å²) in [5, 5.41) is 3.38. The Bertz CT molecular complexity index is 739. The van der Waals surface area contributed by atoms with Crippen LogP contribution in [-0.2, 0) is 13.0 Å². The summed E-state index contributed by atoms with van der Waals surface area (Å²) in [7, 11) is 0. The fourth-order valence-electron chi connectivity index (χ4n) is 3.37. The zero-order chi connectivity index (χ0) is 20.6. The number of halogens is 1. The van der Waals surface area contributed by atoms with Gasteiger partial charge in [0.2, 0.25) is 0 Å². The van der Waals surface area contributed by atoms with Gasteiger partial charge in [-0.15, -0.1) is 0 Å². The molecule has 0 aliphatic carbocycles. The maximum atomic E-state index is 13.6. The van der Waals surface area contributed by atoms with Crippen LogP contribution >= 0.6 is 0 Å². The molecule has 29 heavy (non-hydrogen) atoms. The predicted octanol–water partition coefficient (Wildman–Crippen LogP) is 7.04. The molecule has 0 saturated carbocycles. The van der Waals surface area contributed by atoms with Crippen molar-refractivity contribution in [2.45, 2.75) is 77.7 Å². The van der Waals surface area contributed by atoms with E-state index in [1.165, 1.54) is 63.0 Å². The van der Waals surface area contributed by atoms with Crippen LogP contribution in [0.2, 0.25) is 0 Å². The Morgan fingerprint density at radius 3 is 2.24 bits per heavy atom. The number of benzene rings is 2. The summed E-state index contributed by atoms with van der Waals surface area (Å²) in [6.07, 6.45) is 12.4. The number of unbranched alkanes of at least 4 members (excludes halogenated alkanes) is 8. The molecular formula is C27H36FN. The topological polar surface area (TPSA) is 12.0 Å². The number of rotatable bonds is 13. The van der Waals surface area contributed by atoms with Gasteiger partial charge in [0.25, 0.3) is 0 Å². The molecule has 0 fully saturated rings. The van der Waals surface area contributed by atoms with E-state index in [-0.39, 0.29) is 5.82 Å². The summed E-state index contributed by atoms with van der Waals surface area (Å²) in [5.41, 5.74) is 3.08. The van der Waals surface area contributed by atoms with Crippen molar-refractivity contribution in [2.24, 2.45) is 0 Å². The molecule has 0 saturated heterocycles. The third kappa shape index (κ3) is 10.3. The Morgan fingerprint density at radius 1 is 0.828 bits per heavy atom. The summed E-state index contributed by atoms with van der Waals surface area (Å²) >= 11 is 0. The molecule has 2 aromatic rings. The molecule has 2 aromatic carbocycles. The Morgan fingerprint density at radius 2 is 1.52 bits per heavy atom. The zero-order valence-electron chi connectivity index (χ0n) is 18.0. The molecule has 1 nitrogen and oxygen atoms in total. The van der Waals surface area contributed by atoms with E-state index < -0.39 is 0 Å². The summed E-state index contributed by atoms with van der Waals surface area (Å²) < 4.78 is 13.6. The quantitative estimate of drug-likeness (QED) is 0.284. The van der Waals surface area contributed by atoms with Gasteiger partial charge in [-0.1, -0.05) is 94.0 Å². The first-order valence-electron chi connectivity index (χ1n) is 11.3. The van der Waals surface area contributed by atoms with Crippen molar-refractivity contribution in [1.29, 1.82) is 0 Å². The monoisotopic (exact) mass is 393 g/mol. The van der Waals surface area contributed by atoms with Crippen LogP contribution in [-0.4, -0.2) is 6.54 Å². The Kier molecular flexibility index (Phi) is 11.8. The minimum Gasteiger partial charge on any atom is -0.312 e. The molecule has 156 valence electrons. The molecule has 0 atom stereocenters. The molecule has 1 N–H and O–H groups in total. The summed E-state index contributed by atoms with van der Waals surface area (Å²) in [4.78, 5) is 0. The highest BCUT2D eigenvalue weighted by Crippen LogP contribution is 2.10. The van der Waals surface area contributed by atoms with Gasteiger partial charge in [0, 0.05) is 18.5 Å². The number of hydrogen-bond acceptors (Lipinski definition) is 1. The van der Waals surface area contributed by atoms with Crippen molar-refractivity contribution >= 4 is 0 Å². The normalized spacial score (nSPS) is 10.6. The molecule has 0 radical (unpaired) electrons. The van der Waals surface area contributed by atoms with E-state index in [4.69, 9.17) is 0 Å². The second-order valence-corrected chi connectivity index (χ2v) is 7.74. The highest BCUT2D eigenvalue weighted by atomic mass is 19.1. The van der Waals surface area contributed by atoms with E-state index in [0.29, 0.717) is 6.42 Å². The highest BCUT2D eigenvalue weighted by Gasteiger charge is 2.00. The maximum Gasteiger partial charge on any atom is 0.126 e. The van der Waals surface area contributed by atoms with E-state index in [1.54, 1.807) is 6.07 Å². The molecule has 0 amide bonds. The molecule has 0 spiro atoms. The van der Waals surface area contributed by atoms with Crippen molar-refractivity contribution in [3.8, 4) is 11.8 Å². The van der Waals surface area contributed by atoms with Crippen molar-refractivity contribution in [3.05, 3.63) is 71.0 Å². The predicted molar refractivity (Wildman–Crippen MR) is 122 cm³/mol. The highest BCUT2D eigenvalue weighted by molar-refractivity contribution is 5.36. The SMILES string of the molecule is CCCCCCCCCCC#Cc1ccc(CNCCc2ccccc2F)cc1. The Hall–Kier alpha value is -2.11. The van der Waals surface area contributed by atoms with Gasteiger partial charge in [-0.25, -0.2) is 4.39 Å². The van der Waals surface area contributed by atoms with Crippen LogP contribution in [0.3, 0.4) is 0 Å². The zero-order valence-corrected chi connectivity index (χ0v) is 18.0. The van der Waals surface area contributed by atoms with Gasteiger partial charge in [0.05, 0.1) is 0 Å². The smallest absolute Gasteiger partial charge is 0.126 e. The lowest BCUT2D eigenvalue weighted by atomic mass is 10.1. The molecule has 0 bridgehead atoms. The van der Waals surface area contributed by atoms with Crippen LogP contribution in [0.1, 0.15) is 81.4 Å². The fraction of sp³-hybridized carbons (Fsp3) is 0.481. The second-order valence-electron chi connectivity index (χ2n) is 7.74. The van der Waals surface area contributed by atoms with Gasteiger partial charge in [-0.2, -0.15) is 0 Å². The minimum atomic E-state index is -0.121. The summed E-state index contributed by atoms with van der Waals surface area (Å²) in [6.45, 7) is 3.82. The molecule has 0 aliphatic heterocycles. The first-order valence-corrected chi connectivity index (χ1v) is 11.3. The van der Waals surface area contributed by atoms with Gasteiger partial charge < -0.3 is 5.32 Å². The average Bonchev–Trinajstić information content (AvgIpc) is 2.75. The Labute approximate surface area is 177 Å². The molecule has 0 aliphatic rings. The lowest BCUT2D eigenvalue weighted by molar-refractivity contribution is 0.579. The van der Waals surface area contributed by atoms with Crippen molar-refractivity contribution in [3.63, 3.8) is 0 Å². The third-order valence-electron chi connectivity index (χ3n) is 5.20. The lowest BCUT2D eigenvalue weighted by Crippen LogP contribution is -2.17. The van der Waals surface area contributed by atoms with E-state index >= 15 is 0 Å². The molecular weight excluding hydrogens is 357 g/mol. The number of nitrogens with one attached hydrogen (secondary N) is 1. The fourth-order valence-corrected chi connectivity index (χ4v) is 3.37. The van der Waals surface area contributed by atoms with E-state index in [1.807, 2.05) is 12.1 Å². The lowest BCUT2D eigenvalue weighted by Gasteiger charge is -2.06. The summed E-state index contributed by atoms with van der Waals surface area (Å²) in [6, 6.07) is 15.4. The van der Waals surface area contributed by atoms with Crippen LogP contribution in [0, 0.1) is 17.7 Å². The van der Waals surface area contributed by atoms with Gasteiger partial charge in [-0.3, -0.25) is 0 Å². The standard InChI is InChI=1S/C27H36FN/c1-2-3-4-5-6-7-8-9-10-11-14-24-17-19-25(20-18-24)23-29-22-21-26-15-12-13-16-27(26)28/h12-13,15-20,29H,2-10,21-23H2,1H3. The first kappa shape index (κ1) is 23.2. The maximum absolute atomic E-state index is 13.6. The van der Waals surface area contributed by atoms with Crippen LogP contribution in [0.4, 0.5) is 4.39 Å². The molecule has 0 aromatic heterocycles. The van der Waals surface area contributed by atoms with Crippen molar-refractivity contribution < 1.29 is 4.39 Å². The molecule has 0 unspecified atom stereocenters. The molecule has 2 heteroatoms. The van der Waals surface area contributed by atoms with E-state index in [9.17, 15) is 4.39 Å². The Balaban J connectivity index is 1.56. The largest absolute Gasteiger partial charge is 0.312 e. The van der Waals surface area contributed by atoms with Crippen LogP contribution < -0.4 is 5.32 Å². The van der Waals surface area contributed by atoms with Crippen LogP contribution in [0.15, 0.2) is 48.5 Å². The van der Waals surface area contributed by atoms with Gasteiger partial charge in [0.15, 0.2) is 0 Å². The minimum absolute atomic E-state index is 0.121. The average molecular weight is 394 g/mol. The van der Waals surface area contributed by atoms with Gasteiger partial charge >= 0.3 is 0 Å². The van der Waals surface area contributed by atoms with Crippen LogP contribution in [0.25, 0.3) is 0 Å². The number of hydrogen-bond donors (Lipinski definition) is 1. The van der Waals surface area contributed by atoms with Gasteiger partial charge in [0.1, 0.15) is 5.82 Å². The van der Waals surface area contributed by atoms with E-state index in [0.717, 1.165) is 30.6 Å². The van der Waals surface area contributed by atoms with Crippen molar-refractivity contribution in [2.75, 3.05) is 6.54 Å². The molecule has 2 rings (SSSR count). The second kappa shape index (κ2) is 14.8. The van der Waals surface area contributed by atoms with E-state index in [2.05, 4.69) is 48.3 Å². The van der Waals surface area contributed by atoms with Crippen LogP contribution in [0.5, 0.6) is 0 Å².